The van der Waals surface area contributed by atoms with E-state index in [0.29, 0.717) is 23.7 Å². The van der Waals surface area contributed by atoms with Gasteiger partial charge in [-0.15, -0.1) is 0 Å². The van der Waals surface area contributed by atoms with E-state index in [4.69, 9.17) is 0 Å². The molecule has 4 rings (SSSR count). The normalized spacial score (nSPS) is 20.1. The second kappa shape index (κ2) is 13.5. The van der Waals surface area contributed by atoms with Gasteiger partial charge in [-0.3, -0.25) is 0 Å². The minimum atomic E-state index is 0. The average Bonchev–Trinajstić information content (AvgIpc) is 3.21. The fraction of sp³-hybridized carbons (Fsp3) is 0.650. The summed E-state index contributed by atoms with van der Waals surface area (Å²) in [5.74, 6) is 2.11. The smallest absolute Gasteiger partial charge is 0.0980 e. The molecule has 236 valence electrons. The van der Waals surface area contributed by atoms with E-state index < -0.39 is 0 Å². The van der Waals surface area contributed by atoms with Crippen LogP contribution >= 0.6 is 0 Å². The molecule has 0 bridgehead atoms. The van der Waals surface area contributed by atoms with Crippen molar-refractivity contribution in [2.75, 3.05) is 9.80 Å². The molecule has 2 saturated heterocycles. The van der Waals surface area contributed by atoms with Gasteiger partial charge in [0.05, 0.1) is 13.1 Å². The first-order chi connectivity index (χ1) is 19.1. The Hall–Kier alpha value is -1.42. The molecule has 0 aliphatic carbocycles. The molecular weight excluding hydrogens is 581 g/mol. The van der Waals surface area contributed by atoms with E-state index in [1.165, 1.54) is 33.6 Å². The number of benzene rings is 2. The summed E-state index contributed by atoms with van der Waals surface area (Å²) in [4.78, 5) is 4.88. The molecule has 43 heavy (non-hydrogen) atoms. The van der Waals surface area contributed by atoms with Gasteiger partial charge in [0.2, 0.25) is 0 Å². The van der Waals surface area contributed by atoms with Crippen molar-refractivity contribution in [3.05, 3.63) is 71.7 Å². The molecule has 0 N–H and O–H groups in total. The molecule has 0 spiro atoms. The fourth-order valence-corrected chi connectivity index (χ4v) is 7.57. The maximum absolute atomic E-state index is 3.76. The first-order valence-corrected chi connectivity index (χ1v) is 16.5. The summed E-state index contributed by atoms with van der Waals surface area (Å²) in [6.07, 6.45) is 2.29. The predicted octanol–water partition coefficient (Wildman–Crippen LogP) is 11.6. The van der Waals surface area contributed by atoms with Crippen molar-refractivity contribution in [1.29, 1.82) is 0 Å². The van der Waals surface area contributed by atoms with Crippen LogP contribution in [0.2, 0.25) is 0 Å². The van der Waals surface area contributed by atoms with Crippen LogP contribution in [-0.2, 0) is 0 Å². The standard InChI is InChI=1S/2C20H31N.Ge/c2*1-14(2)16-10-9-11-17(15(3)4)18(16)21-13-19(5,6)12-20(21,7)8;/h2*9-11,14-15H,12H2,1-8H3;. The van der Waals surface area contributed by atoms with E-state index in [2.05, 4.69) is 170 Å². The summed E-state index contributed by atoms with van der Waals surface area (Å²) in [6.45, 7) is 44.4. The molecule has 2 heterocycles. The molecule has 2 nitrogen and oxygen atoms in total. The second-order valence-electron chi connectivity index (χ2n) is 16.8. The predicted molar refractivity (Wildman–Crippen MR) is 191 cm³/mol. The Morgan fingerprint density at radius 3 is 0.884 bits per heavy atom. The number of rotatable bonds is 6. The third kappa shape index (κ3) is 8.44. The number of hydrogen-bond acceptors (Lipinski definition) is 2. The molecule has 2 aromatic carbocycles. The van der Waals surface area contributed by atoms with E-state index in [9.17, 15) is 0 Å². The molecule has 3 heteroatoms. The molecule has 2 aliphatic heterocycles. The number of para-hydroxylation sites is 2. The largest absolute Gasteiger partial charge is 0.355 e. The monoisotopic (exact) mass is 644 g/mol. The maximum Gasteiger partial charge on any atom is 0.0980 e. The van der Waals surface area contributed by atoms with Crippen LogP contribution < -0.4 is 9.80 Å². The summed E-state index contributed by atoms with van der Waals surface area (Å²) in [5.41, 5.74) is 9.11. The van der Waals surface area contributed by atoms with Gasteiger partial charge >= 0.3 is 0 Å². The van der Waals surface area contributed by atoms with E-state index in [0.717, 1.165) is 12.8 Å². The van der Waals surface area contributed by atoms with Gasteiger partial charge in [-0.1, -0.05) is 119 Å². The Bertz CT molecular complexity index is 1070. The van der Waals surface area contributed by atoms with Crippen molar-refractivity contribution >= 4 is 29.0 Å². The van der Waals surface area contributed by atoms with Gasteiger partial charge in [-0.05, 0) is 97.3 Å². The summed E-state index contributed by atoms with van der Waals surface area (Å²) < 4.78 is 0. The SMILES string of the molecule is CC(C)c1cccc(C(C)C)c1N1[C]C(C)(C)CC1(C)C.CC(C)c1cccc(C(C)C)c1N1[C]C(C)(C)CC1(C)C.[Ge]. The summed E-state index contributed by atoms with van der Waals surface area (Å²) in [5, 5.41) is 0. The Morgan fingerprint density at radius 1 is 0.488 bits per heavy atom. The molecule has 2 aromatic rings. The first kappa shape index (κ1) is 37.8. The van der Waals surface area contributed by atoms with Gasteiger partial charge in [0.15, 0.2) is 0 Å². The third-order valence-corrected chi connectivity index (χ3v) is 8.92. The van der Waals surface area contributed by atoms with Crippen molar-refractivity contribution in [2.24, 2.45) is 10.8 Å². The Labute approximate surface area is 278 Å². The third-order valence-electron chi connectivity index (χ3n) is 8.92. The number of anilines is 2. The van der Waals surface area contributed by atoms with Crippen LogP contribution in [0.1, 0.15) is 170 Å². The van der Waals surface area contributed by atoms with Crippen LogP contribution in [0.25, 0.3) is 0 Å². The summed E-state index contributed by atoms with van der Waals surface area (Å²) >= 11 is 0. The van der Waals surface area contributed by atoms with Crippen LogP contribution in [0, 0.1) is 23.9 Å². The van der Waals surface area contributed by atoms with Crippen molar-refractivity contribution < 1.29 is 0 Å². The van der Waals surface area contributed by atoms with E-state index in [1.807, 2.05) is 0 Å². The van der Waals surface area contributed by atoms with Gasteiger partial charge in [0.25, 0.3) is 0 Å². The van der Waals surface area contributed by atoms with Gasteiger partial charge in [0, 0.05) is 40.0 Å². The molecule has 2 fully saturated rings. The molecule has 0 amide bonds. The van der Waals surface area contributed by atoms with Gasteiger partial charge in [-0.2, -0.15) is 0 Å². The van der Waals surface area contributed by atoms with Crippen molar-refractivity contribution in [1.82, 2.24) is 0 Å². The second-order valence-corrected chi connectivity index (χ2v) is 16.8. The topological polar surface area (TPSA) is 6.48 Å². The average molecular weight is 644 g/mol. The molecular formula is C40H62GeN2. The molecule has 0 unspecified atom stereocenters. The maximum atomic E-state index is 3.76. The summed E-state index contributed by atoms with van der Waals surface area (Å²) in [7, 11) is 0. The zero-order chi connectivity index (χ0) is 32.0. The van der Waals surface area contributed by atoms with Crippen LogP contribution in [0.4, 0.5) is 11.4 Å². The minimum absolute atomic E-state index is 0. The number of nitrogens with zero attached hydrogens (tertiary/aromatic N) is 2. The van der Waals surface area contributed by atoms with Crippen LogP contribution in [0.15, 0.2) is 36.4 Å². The Balaban J connectivity index is 0.000000293. The van der Waals surface area contributed by atoms with Crippen LogP contribution in [0.3, 0.4) is 0 Å². The molecule has 0 aromatic heterocycles. The molecule has 0 atom stereocenters. The Morgan fingerprint density at radius 2 is 0.721 bits per heavy atom. The molecule has 8 radical (unpaired) electrons. The molecule has 2 aliphatic rings. The van der Waals surface area contributed by atoms with Gasteiger partial charge in [0.1, 0.15) is 0 Å². The Kier molecular flexibility index (Phi) is 11.9. The van der Waals surface area contributed by atoms with Gasteiger partial charge < -0.3 is 9.80 Å². The summed E-state index contributed by atoms with van der Waals surface area (Å²) in [6, 6.07) is 13.6. The minimum Gasteiger partial charge on any atom is -0.355 e. The van der Waals surface area contributed by atoms with E-state index in [-0.39, 0.29) is 39.5 Å². The zero-order valence-electron chi connectivity index (χ0n) is 30.6. The molecule has 0 saturated carbocycles. The van der Waals surface area contributed by atoms with E-state index >= 15 is 0 Å². The van der Waals surface area contributed by atoms with Crippen molar-refractivity contribution in [3.63, 3.8) is 0 Å². The van der Waals surface area contributed by atoms with Gasteiger partial charge in [-0.25, -0.2) is 0 Å². The number of hydrogen-bond donors (Lipinski definition) is 0. The fourth-order valence-electron chi connectivity index (χ4n) is 7.57. The van der Waals surface area contributed by atoms with Crippen molar-refractivity contribution in [3.8, 4) is 0 Å². The first-order valence-electron chi connectivity index (χ1n) is 16.5. The quantitative estimate of drug-likeness (QED) is 0.289. The van der Waals surface area contributed by atoms with Crippen molar-refractivity contribution in [2.45, 2.75) is 158 Å². The van der Waals surface area contributed by atoms with E-state index in [1.54, 1.807) is 0 Å². The zero-order valence-corrected chi connectivity index (χ0v) is 32.7. The van der Waals surface area contributed by atoms with Crippen LogP contribution in [0.5, 0.6) is 0 Å². The van der Waals surface area contributed by atoms with Crippen LogP contribution in [-0.4, -0.2) is 28.7 Å².